The molecule has 1 atom stereocenters. The van der Waals surface area contributed by atoms with Gasteiger partial charge in [-0.15, -0.1) is 0 Å². The van der Waals surface area contributed by atoms with Crippen molar-refractivity contribution in [1.29, 1.82) is 0 Å². The summed E-state index contributed by atoms with van der Waals surface area (Å²) in [5.41, 5.74) is 3.26. The molecule has 1 N–H and O–H groups in total. The maximum atomic E-state index is 13.0. The van der Waals surface area contributed by atoms with Gasteiger partial charge in [0.1, 0.15) is 11.8 Å². The van der Waals surface area contributed by atoms with Crippen LogP contribution in [0.5, 0.6) is 5.75 Å². The molecule has 156 valence electrons. The number of carbonyl (C=O) groups excluding carboxylic acids is 2. The first kappa shape index (κ1) is 22.5. The number of carbonyl (C=O) groups is 2. The number of hydrogen-bond donors (Lipinski definition) is 1. The van der Waals surface area contributed by atoms with Gasteiger partial charge in [-0.25, -0.2) is 0 Å². The zero-order valence-electron chi connectivity index (χ0n) is 17.9. The quantitative estimate of drug-likeness (QED) is 0.667. The van der Waals surface area contributed by atoms with Crippen LogP contribution in [0.1, 0.15) is 37.0 Å². The second-order valence-corrected chi connectivity index (χ2v) is 7.35. The van der Waals surface area contributed by atoms with E-state index in [2.05, 4.69) is 5.32 Å². The van der Waals surface area contributed by atoms with Crippen molar-refractivity contribution in [3.63, 3.8) is 0 Å². The van der Waals surface area contributed by atoms with Gasteiger partial charge in [0.25, 0.3) is 5.91 Å². The number of hydrogen-bond acceptors (Lipinski definition) is 3. The van der Waals surface area contributed by atoms with Crippen LogP contribution >= 0.6 is 0 Å². The number of nitrogens with one attached hydrogen (secondary N) is 1. The van der Waals surface area contributed by atoms with Crippen LogP contribution in [0, 0.1) is 13.8 Å². The Morgan fingerprint density at radius 3 is 2.48 bits per heavy atom. The Morgan fingerprint density at radius 2 is 1.83 bits per heavy atom. The molecule has 0 aliphatic rings. The van der Waals surface area contributed by atoms with Crippen molar-refractivity contribution in [3.05, 3.63) is 65.2 Å². The lowest BCUT2D eigenvalue weighted by atomic mass is 10.1. The Bertz CT molecular complexity index is 805. The first-order chi connectivity index (χ1) is 13.9. The minimum absolute atomic E-state index is 0.0932. The Labute approximate surface area is 174 Å². The van der Waals surface area contributed by atoms with Gasteiger partial charge in [0.2, 0.25) is 5.91 Å². The lowest BCUT2D eigenvalue weighted by Gasteiger charge is -2.28. The van der Waals surface area contributed by atoms with E-state index in [4.69, 9.17) is 4.74 Å². The third-order valence-electron chi connectivity index (χ3n) is 4.88. The molecule has 2 aromatic carbocycles. The summed E-state index contributed by atoms with van der Waals surface area (Å²) in [7, 11) is 0. The molecule has 0 saturated heterocycles. The zero-order chi connectivity index (χ0) is 21.2. The van der Waals surface area contributed by atoms with E-state index in [1.54, 1.807) is 11.8 Å². The standard InChI is InChI=1S/C24H32N2O3/c1-5-14-25-24(28)20(4)26(15-13-21-9-7-6-8-10-21)23(27)17-29-22-12-11-18(2)16-19(22)3/h6-12,16,20H,5,13-15,17H2,1-4H3,(H,25,28)/t20-/m0/s1. The molecule has 0 radical (unpaired) electrons. The number of rotatable bonds is 10. The molecule has 0 fully saturated rings. The average Bonchev–Trinajstić information content (AvgIpc) is 2.72. The number of aryl methyl sites for hydroxylation is 2. The highest BCUT2D eigenvalue weighted by Crippen LogP contribution is 2.19. The van der Waals surface area contributed by atoms with Gasteiger partial charge in [-0.3, -0.25) is 9.59 Å². The van der Waals surface area contributed by atoms with E-state index in [0.29, 0.717) is 25.3 Å². The predicted octanol–water partition coefficient (Wildman–Crippen LogP) is 3.67. The summed E-state index contributed by atoms with van der Waals surface area (Å²) in [6.45, 7) is 8.71. The smallest absolute Gasteiger partial charge is 0.261 e. The van der Waals surface area contributed by atoms with Crippen molar-refractivity contribution in [2.24, 2.45) is 0 Å². The molecule has 5 heteroatoms. The van der Waals surface area contributed by atoms with E-state index in [-0.39, 0.29) is 18.4 Å². The lowest BCUT2D eigenvalue weighted by molar-refractivity contribution is -0.141. The molecule has 0 aromatic heterocycles. The minimum Gasteiger partial charge on any atom is -0.483 e. The Kier molecular flexibility index (Phi) is 8.71. The molecular weight excluding hydrogens is 364 g/mol. The van der Waals surface area contributed by atoms with Crippen LogP contribution in [0.25, 0.3) is 0 Å². The lowest BCUT2D eigenvalue weighted by Crippen LogP contribution is -2.50. The van der Waals surface area contributed by atoms with Gasteiger partial charge in [-0.1, -0.05) is 55.0 Å². The van der Waals surface area contributed by atoms with Crippen LogP contribution in [0.2, 0.25) is 0 Å². The normalized spacial score (nSPS) is 11.6. The molecule has 2 rings (SSSR count). The summed E-state index contributed by atoms with van der Waals surface area (Å²) in [5.74, 6) is 0.356. The number of benzene rings is 2. The maximum Gasteiger partial charge on any atom is 0.261 e. The van der Waals surface area contributed by atoms with Crippen molar-refractivity contribution in [2.75, 3.05) is 19.7 Å². The van der Waals surface area contributed by atoms with E-state index in [9.17, 15) is 9.59 Å². The van der Waals surface area contributed by atoms with Crippen LogP contribution in [0.3, 0.4) is 0 Å². The molecule has 2 aromatic rings. The van der Waals surface area contributed by atoms with Gasteiger partial charge in [0.05, 0.1) is 0 Å². The first-order valence-electron chi connectivity index (χ1n) is 10.2. The first-order valence-corrected chi connectivity index (χ1v) is 10.2. The maximum absolute atomic E-state index is 13.0. The largest absolute Gasteiger partial charge is 0.483 e. The molecule has 0 heterocycles. The molecule has 5 nitrogen and oxygen atoms in total. The molecule has 0 spiro atoms. The van der Waals surface area contributed by atoms with Crippen LogP contribution < -0.4 is 10.1 Å². The average molecular weight is 397 g/mol. The molecule has 0 bridgehead atoms. The third-order valence-corrected chi connectivity index (χ3v) is 4.88. The highest BCUT2D eigenvalue weighted by molar-refractivity contribution is 5.88. The van der Waals surface area contributed by atoms with E-state index in [0.717, 1.165) is 23.1 Å². The zero-order valence-corrected chi connectivity index (χ0v) is 17.9. The summed E-state index contributed by atoms with van der Waals surface area (Å²) >= 11 is 0. The van der Waals surface area contributed by atoms with Crippen LogP contribution in [0.15, 0.2) is 48.5 Å². The van der Waals surface area contributed by atoms with E-state index >= 15 is 0 Å². The van der Waals surface area contributed by atoms with Gasteiger partial charge < -0.3 is 15.0 Å². The monoisotopic (exact) mass is 396 g/mol. The van der Waals surface area contributed by atoms with Gasteiger partial charge in [-0.2, -0.15) is 0 Å². The van der Waals surface area contributed by atoms with Crippen molar-refractivity contribution < 1.29 is 14.3 Å². The van der Waals surface area contributed by atoms with Crippen molar-refractivity contribution in [1.82, 2.24) is 10.2 Å². The highest BCUT2D eigenvalue weighted by Gasteiger charge is 2.26. The van der Waals surface area contributed by atoms with Crippen LogP contribution in [-0.2, 0) is 16.0 Å². The van der Waals surface area contributed by atoms with Gasteiger partial charge in [-0.05, 0) is 50.8 Å². The van der Waals surface area contributed by atoms with Gasteiger partial charge >= 0.3 is 0 Å². The van der Waals surface area contributed by atoms with E-state index in [1.807, 2.05) is 69.3 Å². The number of nitrogens with zero attached hydrogens (tertiary/aromatic N) is 1. The van der Waals surface area contributed by atoms with Gasteiger partial charge in [0, 0.05) is 13.1 Å². The molecule has 2 amide bonds. The summed E-state index contributed by atoms with van der Waals surface area (Å²) in [4.78, 5) is 27.0. The fourth-order valence-corrected chi connectivity index (χ4v) is 3.15. The van der Waals surface area contributed by atoms with Crippen LogP contribution in [0.4, 0.5) is 0 Å². The Balaban J connectivity index is 2.07. The van der Waals surface area contributed by atoms with Gasteiger partial charge in [0.15, 0.2) is 6.61 Å². The number of amides is 2. The molecule has 0 unspecified atom stereocenters. The van der Waals surface area contributed by atoms with Crippen LogP contribution in [-0.4, -0.2) is 42.5 Å². The molecule has 0 aliphatic heterocycles. The summed E-state index contributed by atoms with van der Waals surface area (Å²) < 4.78 is 5.77. The summed E-state index contributed by atoms with van der Waals surface area (Å²) in [6.07, 6.45) is 1.54. The Hall–Kier alpha value is -2.82. The SMILES string of the molecule is CCCNC(=O)[C@H](C)N(CCc1ccccc1)C(=O)COc1ccc(C)cc1C. The number of ether oxygens (including phenoxy) is 1. The molecule has 0 aliphatic carbocycles. The fourth-order valence-electron chi connectivity index (χ4n) is 3.15. The minimum atomic E-state index is -0.555. The Morgan fingerprint density at radius 1 is 1.10 bits per heavy atom. The summed E-state index contributed by atoms with van der Waals surface area (Å²) in [5, 5.41) is 2.88. The topological polar surface area (TPSA) is 58.6 Å². The predicted molar refractivity (Wildman–Crippen MR) is 116 cm³/mol. The second kappa shape index (κ2) is 11.2. The molecule has 0 saturated carbocycles. The molecular formula is C24H32N2O3. The highest BCUT2D eigenvalue weighted by atomic mass is 16.5. The van der Waals surface area contributed by atoms with Crippen molar-refractivity contribution >= 4 is 11.8 Å². The summed E-state index contributed by atoms with van der Waals surface area (Å²) in [6, 6.07) is 15.3. The van der Waals surface area contributed by atoms with E-state index < -0.39 is 6.04 Å². The van der Waals surface area contributed by atoms with Crippen molar-refractivity contribution in [3.8, 4) is 5.75 Å². The van der Waals surface area contributed by atoms with Crippen molar-refractivity contribution in [2.45, 2.75) is 46.6 Å². The van der Waals surface area contributed by atoms with E-state index in [1.165, 1.54) is 0 Å². The second-order valence-electron chi connectivity index (χ2n) is 7.35. The molecule has 29 heavy (non-hydrogen) atoms. The fraction of sp³-hybridized carbons (Fsp3) is 0.417. The third kappa shape index (κ3) is 6.93.